The highest BCUT2D eigenvalue weighted by atomic mass is 32.2. The molecule has 1 aromatic rings. The lowest BCUT2D eigenvalue weighted by atomic mass is 10.2. The fraction of sp³-hybridized carbons (Fsp3) is 0.364. The van der Waals surface area contributed by atoms with Crippen LogP contribution in [0.15, 0.2) is 23.1 Å². The number of anilines is 2. The molecule has 1 aliphatic rings. The van der Waals surface area contributed by atoms with E-state index in [1.54, 1.807) is 12.1 Å². The lowest BCUT2D eigenvalue weighted by Gasteiger charge is -2.13. The van der Waals surface area contributed by atoms with Crippen LogP contribution in [-0.2, 0) is 14.6 Å². The molecule has 1 aromatic carbocycles. The molecule has 0 aliphatic carbocycles. The third kappa shape index (κ3) is 2.41. The van der Waals surface area contributed by atoms with Gasteiger partial charge in [0.25, 0.3) is 0 Å². The number of amides is 1. The van der Waals surface area contributed by atoms with E-state index in [-0.39, 0.29) is 16.8 Å². The first-order valence-electron chi connectivity index (χ1n) is 5.27. The highest BCUT2D eigenvalue weighted by molar-refractivity contribution is 7.90. The highest BCUT2D eigenvalue weighted by Crippen LogP contribution is 2.32. The van der Waals surface area contributed by atoms with Crippen LogP contribution in [0.25, 0.3) is 0 Å². The topological polar surface area (TPSA) is 75.3 Å². The normalized spacial score (nSPS) is 19.9. The molecule has 5 nitrogen and oxygen atoms in total. The molecule has 1 amide bonds. The molecule has 0 radical (unpaired) electrons. The van der Waals surface area contributed by atoms with Crippen LogP contribution in [0.3, 0.4) is 0 Å². The molecule has 0 saturated carbocycles. The second kappa shape index (κ2) is 4.03. The highest BCUT2D eigenvalue weighted by Gasteiger charge is 2.23. The van der Waals surface area contributed by atoms with Gasteiger partial charge in [-0.1, -0.05) is 6.07 Å². The summed E-state index contributed by atoms with van der Waals surface area (Å²) in [6, 6.07) is 4.89. The number of fused-ring (bicyclic) bond motifs is 1. The van der Waals surface area contributed by atoms with Crippen molar-refractivity contribution in [2.45, 2.75) is 24.3 Å². The number of hydrogen-bond donors (Lipinski definition) is 2. The van der Waals surface area contributed by atoms with Crippen LogP contribution in [0.2, 0.25) is 0 Å². The summed E-state index contributed by atoms with van der Waals surface area (Å²) in [5.74, 6) is -0.181. The van der Waals surface area contributed by atoms with Crippen molar-refractivity contribution in [2.24, 2.45) is 0 Å². The van der Waals surface area contributed by atoms with Crippen molar-refractivity contribution in [2.75, 3.05) is 16.9 Å². The van der Waals surface area contributed by atoms with Crippen molar-refractivity contribution in [3.63, 3.8) is 0 Å². The van der Waals surface area contributed by atoms with E-state index < -0.39 is 9.84 Å². The number of benzene rings is 1. The van der Waals surface area contributed by atoms with Crippen molar-refractivity contribution in [3.8, 4) is 0 Å². The maximum Gasteiger partial charge on any atom is 0.226 e. The van der Waals surface area contributed by atoms with Crippen molar-refractivity contribution >= 4 is 27.1 Å². The van der Waals surface area contributed by atoms with Gasteiger partial charge in [-0.05, 0) is 19.1 Å². The number of sulfone groups is 1. The molecule has 0 saturated heterocycles. The summed E-state index contributed by atoms with van der Waals surface area (Å²) < 4.78 is 23.3. The van der Waals surface area contributed by atoms with Crippen molar-refractivity contribution in [1.82, 2.24) is 0 Å². The summed E-state index contributed by atoms with van der Waals surface area (Å²) in [7, 11) is -3.36. The average molecular weight is 254 g/mol. The van der Waals surface area contributed by atoms with E-state index in [2.05, 4.69) is 10.6 Å². The first-order chi connectivity index (χ1) is 7.88. The maximum absolute atomic E-state index is 11.6. The lowest BCUT2D eigenvalue weighted by Crippen LogP contribution is -2.19. The van der Waals surface area contributed by atoms with E-state index in [0.717, 1.165) is 6.26 Å². The zero-order valence-electron chi connectivity index (χ0n) is 9.65. The summed E-state index contributed by atoms with van der Waals surface area (Å²) in [5.41, 5.74) is 0.996. The van der Waals surface area contributed by atoms with Crippen LogP contribution >= 0.6 is 0 Å². The Morgan fingerprint density at radius 2 is 2.06 bits per heavy atom. The Bertz CT molecular complexity index is 566. The average Bonchev–Trinajstić information content (AvgIpc) is 2.31. The molecule has 92 valence electrons. The molecule has 1 heterocycles. The van der Waals surface area contributed by atoms with E-state index >= 15 is 0 Å². The van der Waals surface area contributed by atoms with Crippen LogP contribution in [0, 0.1) is 0 Å². The monoisotopic (exact) mass is 254 g/mol. The minimum Gasteiger partial charge on any atom is -0.380 e. The second-order valence-electron chi connectivity index (χ2n) is 4.25. The number of carbonyl (C=O) groups excluding carboxylic acids is 1. The van der Waals surface area contributed by atoms with Gasteiger partial charge in [0.1, 0.15) is 0 Å². The Kier molecular flexibility index (Phi) is 2.82. The van der Waals surface area contributed by atoms with E-state index in [4.69, 9.17) is 0 Å². The Labute approximate surface area is 100 Å². The summed E-state index contributed by atoms with van der Waals surface area (Å²) in [4.78, 5) is 11.7. The Hall–Kier alpha value is -1.56. The molecular weight excluding hydrogens is 240 g/mol. The quantitative estimate of drug-likeness (QED) is 0.790. The predicted molar refractivity (Wildman–Crippen MR) is 65.9 cm³/mol. The van der Waals surface area contributed by atoms with Gasteiger partial charge in [0.05, 0.1) is 16.3 Å². The number of rotatable bonds is 1. The van der Waals surface area contributed by atoms with Crippen LogP contribution < -0.4 is 10.6 Å². The van der Waals surface area contributed by atoms with E-state index in [1.807, 2.05) is 6.92 Å². The first kappa shape index (κ1) is 11.9. The van der Waals surface area contributed by atoms with Gasteiger partial charge >= 0.3 is 0 Å². The molecule has 0 fully saturated rings. The van der Waals surface area contributed by atoms with Crippen molar-refractivity contribution in [1.29, 1.82) is 0 Å². The van der Waals surface area contributed by atoms with Gasteiger partial charge in [0, 0.05) is 18.7 Å². The van der Waals surface area contributed by atoms with E-state index in [1.165, 1.54) is 6.07 Å². The maximum atomic E-state index is 11.6. The Balaban J connectivity index is 2.61. The van der Waals surface area contributed by atoms with E-state index in [0.29, 0.717) is 17.8 Å². The molecule has 6 heteroatoms. The van der Waals surface area contributed by atoms with Gasteiger partial charge in [-0.15, -0.1) is 0 Å². The van der Waals surface area contributed by atoms with Gasteiger partial charge in [-0.2, -0.15) is 0 Å². The van der Waals surface area contributed by atoms with Crippen molar-refractivity contribution < 1.29 is 13.2 Å². The predicted octanol–water partition coefficient (Wildman–Crippen LogP) is 1.23. The van der Waals surface area contributed by atoms with Crippen molar-refractivity contribution in [3.05, 3.63) is 18.2 Å². The molecule has 1 aliphatic heterocycles. The molecular formula is C11H14N2O3S. The van der Waals surface area contributed by atoms with Gasteiger partial charge in [0.2, 0.25) is 5.91 Å². The molecule has 17 heavy (non-hydrogen) atoms. The Morgan fingerprint density at radius 1 is 1.35 bits per heavy atom. The second-order valence-corrected chi connectivity index (χ2v) is 6.23. The van der Waals surface area contributed by atoms with Crippen LogP contribution in [0.1, 0.15) is 13.3 Å². The largest absolute Gasteiger partial charge is 0.380 e. The minimum absolute atomic E-state index is 0.0222. The summed E-state index contributed by atoms with van der Waals surface area (Å²) in [6.07, 6.45) is 1.45. The number of hydrogen-bond acceptors (Lipinski definition) is 4. The molecule has 1 atom stereocenters. The summed E-state index contributed by atoms with van der Waals surface area (Å²) >= 11 is 0. The fourth-order valence-corrected chi connectivity index (χ4v) is 2.73. The molecule has 0 spiro atoms. The Morgan fingerprint density at radius 3 is 2.71 bits per heavy atom. The summed E-state index contributed by atoms with van der Waals surface area (Å²) in [6.45, 7) is 1.88. The molecule has 0 aromatic heterocycles. The SMILES string of the molecule is CC1CC(=O)Nc2c(cccc2S(C)(=O)=O)N1. The minimum atomic E-state index is -3.36. The van der Waals surface area contributed by atoms with Gasteiger partial charge in [0.15, 0.2) is 9.84 Å². The third-order valence-corrected chi connectivity index (χ3v) is 3.72. The summed E-state index contributed by atoms with van der Waals surface area (Å²) in [5, 5.41) is 5.76. The van der Waals surface area contributed by atoms with Gasteiger partial charge < -0.3 is 10.6 Å². The molecule has 1 unspecified atom stereocenters. The first-order valence-corrected chi connectivity index (χ1v) is 7.16. The standard InChI is InChI=1S/C11H14N2O3S/c1-7-6-10(14)13-11-8(12-7)4-3-5-9(11)17(2,15)16/h3-5,7,12H,6H2,1-2H3,(H,13,14). The number of nitrogens with one attached hydrogen (secondary N) is 2. The van der Waals surface area contributed by atoms with Gasteiger partial charge in [-0.25, -0.2) is 8.42 Å². The fourth-order valence-electron chi connectivity index (χ4n) is 1.87. The zero-order valence-corrected chi connectivity index (χ0v) is 10.5. The van der Waals surface area contributed by atoms with Crippen LogP contribution in [-0.4, -0.2) is 26.6 Å². The molecule has 2 N–H and O–H groups in total. The van der Waals surface area contributed by atoms with Gasteiger partial charge in [-0.3, -0.25) is 4.79 Å². The van der Waals surface area contributed by atoms with Crippen LogP contribution in [0.5, 0.6) is 0 Å². The molecule has 2 rings (SSSR count). The van der Waals surface area contributed by atoms with E-state index in [9.17, 15) is 13.2 Å². The smallest absolute Gasteiger partial charge is 0.226 e. The third-order valence-electron chi connectivity index (χ3n) is 2.58. The number of carbonyl (C=O) groups is 1. The zero-order chi connectivity index (χ0) is 12.6. The number of para-hydroxylation sites is 1. The van der Waals surface area contributed by atoms with Crippen LogP contribution in [0.4, 0.5) is 11.4 Å². The molecule has 0 bridgehead atoms. The lowest BCUT2D eigenvalue weighted by molar-refractivity contribution is -0.116.